The number of pyridine rings is 1. The molecule has 1 aliphatic heterocycles. The van der Waals surface area contributed by atoms with Crippen LogP contribution in [0.2, 0.25) is 5.02 Å². The number of nitrogens with one attached hydrogen (secondary N) is 1. The van der Waals surface area contributed by atoms with E-state index in [2.05, 4.69) is 10.3 Å². The fraction of sp³-hybridized carbons (Fsp3) is 0.368. The van der Waals surface area contributed by atoms with Gasteiger partial charge in [0.05, 0.1) is 30.9 Å². The molecule has 1 aromatic heterocycles. The number of hydrogen-bond donors (Lipinski definition) is 1. The van der Waals surface area contributed by atoms with Crippen molar-refractivity contribution in [2.45, 2.75) is 26.3 Å². The van der Waals surface area contributed by atoms with E-state index < -0.39 is 0 Å². The highest BCUT2D eigenvalue weighted by Crippen LogP contribution is 2.32. The minimum absolute atomic E-state index is 0.138. The van der Waals surface area contributed by atoms with Crippen LogP contribution in [0.25, 0.3) is 0 Å². The number of carbonyl (C=O) groups is 1. The highest BCUT2D eigenvalue weighted by atomic mass is 35.5. The van der Waals surface area contributed by atoms with E-state index in [9.17, 15) is 4.79 Å². The summed E-state index contributed by atoms with van der Waals surface area (Å²) in [5, 5.41) is 3.18. The third kappa shape index (κ3) is 4.19. The fourth-order valence-corrected chi connectivity index (χ4v) is 2.80. The van der Waals surface area contributed by atoms with Crippen LogP contribution in [0.3, 0.4) is 0 Å². The van der Waals surface area contributed by atoms with Crippen molar-refractivity contribution >= 4 is 17.5 Å². The van der Waals surface area contributed by atoms with Gasteiger partial charge in [-0.25, -0.2) is 4.98 Å². The lowest BCUT2D eigenvalue weighted by molar-refractivity contribution is 0.0933. The summed E-state index contributed by atoms with van der Waals surface area (Å²) in [4.78, 5) is 16.8. The summed E-state index contributed by atoms with van der Waals surface area (Å²) < 4.78 is 16.7. The molecule has 3 rings (SSSR count). The van der Waals surface area contributed by atoms with Crippen LogP contribution in [-0.4, -0.2) is 30.7 Å². The van der Waals surface area contributed by atoms with Gasteiger partial charge in [-0.05, 0) is 37.6 Å². The molecule has 1 N–H and O–H groups in total. The van der Waals surface area contributed by atoms with Gasteiger partial charge in [-0.1, -0.05) is 17.7 Å². The summed E-state index contributed by atoms with van der Waals surface area (Å²) in [7, 11) is 0. The number of halogens is 1. The molecule has 1 unspecified atom stereocenters. The number of aromatic nitrogens is 1. The number of hydrogen-bond acceptors (Lipinski definition) is 5. The molecule has 0 aliphatic carbocycles. The van der Waals surface area contributed by atoms with Crippen molar-refractivity contribution in [1.82, 2.24) is 10.3 Å². The average Bonchev–Trinajstić information content (AvgIpc) is 2.88. The van der Waals surface area contributed by atoms with Gasteiger partial charge in [0.2, 0.25) is 5.88 Å². The maximum absolute atomic E-state index is 12.6. The van der Waals surface area contributed by atoms with Crippen molar-refractivity contribution in [2.75, 3.05) is 19.8 Å². The Labute approximate surface area is 157 Å². The summed E-state index contributed by atoms with van der Waals surface area (Å²) in [5.41, 5.74) is 1.04. The molecule has 2 heterocycles. The molecule has 0 fully saturated rings. The van der Waals surface area contributed by atoms with E-state index in [0.29, 0.717) is 31.5 Å². The molecule has 2 aromatic rings. The zero-order valence-corrected chi connectivity index (χ0v) is 15.5. The van der Waals surface area contributed by atoms with E-state index in [0.717, 1.165) is 17.7 Å². The quantitative estimate of drug-likeness (QED) is 0.859. The Balaban J connectivity index is 1.75. The van der Waals surface area contributed by atoms with Crippen molar-refractivity contribution in [3.05, 3.63) is 46.6 Å². The first-order valence-corrected chi connectivity index (χ1v) is 8.96. The van der Waals surface area contributed by atoms with Gasteiger partial charge in [0.15, 0.2) is 17.2 Å². The largest absolute Gasteiger partial charge is 0.490 e. The smallest absolute Gasteiger partial charge is 0.272 e. The average molecular weight is 377 g/mol. The van der Waals surface area contributed by atoms with Crippen molar-refractivity contribution in [3.8, 4) is 17.4 Å². The fourth-order valence-electron chi connectivity index (χ4n) is 2.61. The molecule has 0 saturated heterocycles. The SMILES string of the molecule is CCOc1ccc(Cl)c(C(=O)NC(C)c2ccc3c(c2)OCCCO3)n1. The molecule has 1 aromatic carbocycles. The molecule has 1 aliphatic rings. The first-order chi connectivity index (χ1) is 12.6. The number of nitrogens with zero attached hydrogens (tertiary/aromatic N) is 1. The zero-order chi connectivity index (χ0) is 18.5. The summed E-state index contributed by atoms with van der Waals surface area (Å²) in [5.74, 6) is 1.41. The van der Waals surface area contributed by atoms with Crippen LogP contribution in [-0.2, 0) is 0 Å². The summed E-state index contributed by atoms with van der Waals surface area (Å²) in [6.45, 7) is 5.45. The van der Waals surface area contributed by atoms with Gasteiger partial charge in [0.25, 0.3) is 5.91 Å². The number of fused-ring (bicyclic) bond motifs is 1. The van der Waals surface area contributed by atoms with Crippen LogP contribution in [0.1, 0.15) is 42.4 Å². The molecular formula is C19H21ClN2O4. The number of amides is 1. The Morgan fingerprint density at radius 2 is 2.04 bits per heavy atom. The second-order valence-electron chi connectivity index (χ2n) is 5.86. The highest BCUT2D eigenvalue weighted by Gasteiger charge is 2.19. The lowest BCUT2D eigenvalue weighted by atomic mass is 10.1. The third-order valence-corrected chi connectivity index (χ3v) is 4.25. The van der Waals surface area contributed by atoms with Gasteiger partial charge in [-0.3, -0.25) is 4.79 Å². The normalized spacial score (nSPS) is 14.3. The molecule has 1 amide bonds. The lowest BCUT2D eigenvalue weighted by Gasteiger charge is -2.17. The summed E-state index contributed by atoms with van der Waals surface area (Å²) in [6, 6.07) is 8.64. The van der Waals surface area contributed by atoms with Crippen molar-refractivity contribution in [3.63, 3.8) is 0 Å². The standard InChI is InChI=1S/C19H21ClN2O4/c1-3-24-17-8-6-14(20)18(22-17)19(23)21-12(2)13-5-7-15-16(11-13)26-10-4-9-25-15/h5-8,11-12H,3-4,9-10H2,1-2H3,(H,21,23). The molecular weight excluding hydrogens is 356 g/mol. The Kier molecular flexibility index (Phi) is 5.83. The zero-order valence-electron chi connectivity index (χ0n) is 14.8. The van der Waals surface area contributed by atoms with Crippen molar-refractivity contribution < 1.29 is 19.0 Å². The Hall–Kier alpha value is -2.47. The van der Waals surface area contributed by atoms with Crippen LogP contribution in [0.5, 0.6) is 17.4 Å². The van der Waals surface area contributed by atoms with Crippen LogP contribution >= 0.6 is 11.6 Å². The molecule has 0 radical (unpaired) electrons. The van der Waals surface area contributed by atoms with Crippen LogP contribution < -0.4 is 19.5 Å². The molecule has 0 spiro atoms. The van der Waals surface area contributed by atoms with Crippen molar-refractivity contribution in [2.24, 2.45) is 0 Å². The van der Waals surface area contributed by atoms with E-state index in [-0.39, 0.29) is 22.7 Å². The first-order valence-electron chi connectivity index (χ1n) is 8.58. The van der Waals surface area contributed by atoms with E-state index in [1.165, 1.54) is 0 Å². The second-order valence-corrected chi connectivity index (χ2v) is 6.27. The predicted octanol–water partition coefficient (Wildman–Crippen LogP) is 3.79. The van der Waals surface area contributed by atoms with Gasteiger partial charge in [-0.15, -0.1) is 0 Å². The maximum atomic E-state index is 12.6. The number of benzene rings is 1. The van der Waals surface area contributed by atoms with Gasteiger partial charge < -0.3 is 19.5 Å². The van der Waals surface area contributed by atoms with Crippen LogP contribution in [0.4, 0.5) is 0 Å². The second kappa shape index (κ2) is 8.27. The summed E-state index contributed by atoms with van der Waals surface area (Å²) >= 11 is 6.12. The first kappa shape index (κ1) is 18.3. The Morgan fingerprint density at radius 1 is 1.27 bits per heavy atom. The minimum atomic E-state index is -0.365. The van der Waals surface area contributed by atoms with E-state index in [1.807, 2.05) is 32.0 Å². The van der Waals surface area contributed by atoms with Gasteiger partial charge >= 0.3 is 0 Å². The molecule has 0 bridgehead atoms. The number of carbonyl (C=O) groups excluding carboxylic acids is 1. The number of rotatable bonds is 5. The van der Waals surface area contributed by atoms with Gasteiger partial charge in [0, 0.05) is 12.5 Å². The third-order valence-electron chi connectivity index (χ3n) is 3.95. The molecule has 138 valence electrons. The Morgan fingerprint density at radius 3 is 2.81 bits per heavy atom. The molecule has 26 heavy (non-hydrogen) atoms. The van der Waals surface area contributed by atoms with E-state index in [4.69, 9.17) is 25.8 Å². The topological polar surface area (TPSA) is 69.7 Å². The monoisotopic (exact) mass is 376 g/mol. The maximum Gasteiger partial charge on any atom is 0.272 e. The van der Waals surface area contributed by atoms with Crippen LogP contribution in [0, 0.1) is 0 Å². The summed E-state index contributed by atoms with van der Waals surface area (Å²) in [6.07, 6.45) is 0.844. The molecule has 0 saturated carbocycles. The predicted molar refractivity (Wildman–Crippen MR) is 98.3 cm³/mol. The minimum Gasteiger partial charge on any atom is -0.490 e. The van der Waals surface area contributed by atoms with Gasteiger partial charge in [-0.2, -0.15) is 0 Å². The Bertz CT molecular complexity index is 797. The van der Waals surface area contributed by atoms with Gasteiger partial charge in [0.1, 0.15) is 0 Å². The molecule has 6 nitrogen and oxygen atoms in total. The van der Waals surface area contributed by atoms with E-state index >= 15 is 0 Å². The van der Waals surface area contributed by atoms with Crippen molar-refractivity contribution in [1.29, 1.82) is 0 Å². The lowest BCUT2D eigenvalue weighted by Crippen LogP contribution is -2.27. The number of ether oxygens (including phenoxy) is 3. The van der Waals surface area contributed by atoms with Crippen LogP contribution in [0.15, 0.2) is 30.3 Å². The van der Waals surface area contributed by atoms with E-state index in [1.54, 1.807) is 12.1 Å². The molecule has 1 atom stereocenters. The highest BCUT2D eigenvalue weighted by molar-refractivity contribution is 6.33. The molecule has 7 heteroatoms.